The monoisotopic (exact) mass is 353 g/mol. The van der Waals surface area contributed by atoms with Gasteiger partial charge in [-0.15, -0.1) is 5.10 Å². The lowest BCUT2D eigenvalue weighted by molar-refractivity contribution is 0.0994. The minimum absolute atomic E-state index is 0.0702. The van der Waals surface area contributed by atoms with Crippen LogP contribution in [0.1, 0.15) is 22.8 Å². The van der Waals surface area contributed by atoms with Gasteiger partial charge in [-0.05, 0) is 38.1 Å². The number of ether oxygens (including phenoxy) is 1. The smallest absolute Gasteiger partial charge is 0.209 e. The summed E-state index contributed by atoms with van der Waals surface area (Å²) >= 11 is 1.35. The van der Waals surface area contributed by atoms with E-state index in [0.29, 0.717) is 16.5 Å². The lowest BCUT2D eigenvalue weighted by Gasteiger charge is -2.07. The molecule has 0 fully saturated rings. The Bertz CT molecular complexity index is 857. The van der Waals surface area contributed by atoms with Crippen LogP contribution in [0, 0.1) is 6.92 Å². The maximum atomic E-state index is 12.5. The van der Waals surface area contributed by atoms with Crippen LogP contribution < -0.4 is 4.74 Å². The summed E-state index contributed by atoms with van der Waals surface area (Å²) in [6.07, 6.45) is 0. The SMILES string of the molecule is COc1ccc(-c2nc(S[C@H](C)C(=O)c3ccc(C)cc3)n[nH]2)cc1. The molecule has 1 atom stereocenters. The maximum absolute atomic E-state index is 12.5. The van der Waals surface area contributed by atoms with Crippen molar-refractivity contribution < 1.29 is 9.53 Å². The molecule has 0 unspecified atom stereocenters. The molecule has 0 aliphatic carbocycles. The number of nitrogens with zero attached hydrogens (tertiary/aromatic N) is 2. The molecule has 1 aromatic heterocycles. The Morgan fingerprint density at radius 3 is 2.44 bits per heavy atom. The van der Waals surface area contributed by atoms with E-state index in [1.165, 1.54) is 11.8 Å². The number of methoxy groups -OCH3 is 1. The van der Waals surface area contributed by atoms with Crippen molar-refractivity contribution in [1.82, 2.24) is 15.2 Å². The number of benzene rings is 2. The summed E-state index contributed by atoms with van der Waals surface area (Å²) in [5.41, 5.74) is 2.75. The van der Waals surface area contributed by atoms with Crippen LogP contribution in [0.3, 0.4) is 0 Å². The molecule has 0 radical (unpaired) electrons. The van der Waals surface area contributed by atoms with Gasteiger partial charge in [0.15, 0.2) is 11.6 Å². The zero-order valence-electron chi connectivity index (χ0n) is 14.3. The molecular formula is C19H19N3O2S. The number of thioether (sulfide) groups is 1. The van der Waals surface area contributed by atoms with Gasteiger partial charge >= 0.3 is 0 Å². The molecule has 0 saturated heterocycles. The van der Waals surface area contributed by atoms with Crippen molar-refractivity contribution in [2.75, 3.05) is 7.11 Å². The van der Waals surface area contributed by atoms with Crippen molar-refractivity contribution in [2.45, 2.75) is 24.3 Å². The van der Waals surface area contributed by atoms with Crippen molar-refractivity contribution in [1.29, 1.82) is 0 Å². The van der Waals surface area contributed by atoms with Gasteiger partial charge in [0.2, 0.25) is 5.16 Å². The highest BCUT2D eigenvalue weighted by atomic mass is 32.2. The Kier molecular flexibility index (Phi) is 5.19. The van der Waals surface area contributed by atoms with Crippen LogP contribution in [0.4, 0.5) is 0 Å². The minimum Gasteiger partial charge on any atom is -0.497 e. The molecule has 0 amide bonds. The third-order valence-corrected chi connectivity index (χ3v) is 4.78. The number of rotatable bonds is 6. The van der Waals surface area contributed by atoms with E-state index in [9.17, 15) is 4.79 Å². The second-order valence-electron chi connectivity index (χ2n) is 5.69. The first kappa shape index (κ1) is 17.2. The molecule has 2 aromatic carbocycles. The third kappa shape index (κ3) is 4.09. The summed E-state index contributed by atoms with van der Waals surface area (Å²) in [6.45, 7) is 3.87. The van der Waals surface area contributed by atoms with Crippen LogP contribution in [0.15, 0.2) is 53.7 Å². The molecule has 1 N–H and O–H groups in total. The van der Waals surface area contributed by atoms with Crippen molar-refractivity contribution in [2.24, 2.45) is 0 Å². The Morgan fingerprint density at radius 2 is 1.80 bits per heavy atom. The molecule has 3 aromatic rings. The van der Waals surface area contributed by atoms with Crippen LogP contribution in [0.2, 0.25) is 0 Å². The first-order valence-corrected chi connectivity index (χ1v) is 8.79. The number of carbonyl (C=O) groups excluding carboxylic acids is 1. The highest BCUT2D eigenvalue weighted by Crippen LogP contribution is 2.25. The lowest BCUT2D eigenvalue weighted by Crippen LogP contribution is -2.13. The molecule has 0 spiro atoms. The summed E-state index contributed by atoms with van der Waals surface area (Å²) in [6, 6.07) is 15.2. The van der Waals surface area contributed by atoms with Crippen LogP contribution in [0.25, 0.3) is 11.4 Å². The van der Waals surface area contributed by atoms with E-state index in [1.54, 1.807) is 7.11 Å². The second kappa shape index (κ2) is 7.53. The number of hydrogen-bond acceptors (Lipinski definition) is 5. The molecule has 3 rings (SSSR count). The zero-order valence-corrected chi connectivity index (χ0v) is 15.1. The fraction of sp³-hybridized carbons (Fsp3) is 0.211. The fourth-order valence-corrected chi connectivity index (χ4v) is 3.14. The third-order valence-electron chi connectivity index (χ3n) is 3.82. The highest BCUT2D eigenvalue weighted by molar-refractivity contribution is 8.00. The molecular weight excluding hydrogens is 334 g/mol. The standard InChI is InChI=1S/C19H19N3O2S/c1-12-4-6-14(7-5-12)17(23)13(2)25-19-20-18(21-22-19)15-8-10-16(24-3)11-9-15/h4-11,13H,1-3H3,(H,20,21,22)/t13-/m1/s1. The number of H-pyrrole nitrogens is 1. The minimum atomic E-state index is -0.262. The number of ketones is 1. The second-order valence-corrected chi connectivity index (χ2v) is 6.99. The topological polar surface area (TPSA) is 67.9 Å². The van der Waals surface area contributed by atoms with Gasteiger partial charge in [-0.3, -0.25) is 9.89 Å². The number of aromatic nitrogens is 3. The summed E-state index contributed by atoms with van der Waals surface area (Å²) in [5.74, 6) is 1.52. The van der Waals surface area contributed by atoms with Crippen molar-refractivity contribution in [3.8, 4) is 17.1 Å². The molecule has 0 bridgehead atoms. The number of nitrogens with one attached hydrogen (secondary N) is 1. The number of hydrogen-bond donors (Lipinski definition) is 1. The van der Waals surface area contributed by atoms with Gasteiger partial charge in [0.25, 0.3) is 0 Å². The van der Waals surface area contributed by atoms with Gasteiger partial charge in [-0.1, -0.05) is 41.6 Å². The van der Waals surface area contributed by atoms with E-state index in [4.69, 9.17) is 4.74 Å². The molecule has 0 aliphatic rings. The lowest BCUT2D eigenvalue weighted by atomic mass is 10.1. The van der Waals surface area contributed by atoms with E-state index < -0.39 is 0 Å². The zero-order chi connectivity index (χ0) is 17.8. The van der Waals surface area contributed by atoms with Gasteiger partial charge in [0, 0.05) is 11.1 Å². The first-order chi connectivity index (χ1) is 12.1. The van der Waals surface area contributed by atoms with Crippen LogP contribution in [0.5, 0.6) is 5.75 Å². The Balaban J connectivity index is 1.69. The van der Waals surface area contributed by atoms with Crippen molar-refractivity contribution >= 4 is 17.5 Å². The molecule has 5 nitrogen and oxygen atoms in total. The number of aryl methyl sites for hydroxylation is 1. The normalized spacial score (nSPS) is 12.0. The van der Waals surface area contributed by atoms with Gasteiger partial charge in [0.05, 0.1) is 12.4 Å². The fourth-order valence-electron chi connectivity index (χ4n) is 2.34. The summed E-state index contributed by atoms with van der Waals surface area (Å²) in [4.78, 5) is 17.0. The van der Waals surface area contributed by atoms with Gasteiger partial charge < -0.3 is 4.74 Å². The van der Waals surface area contributed by atoms with Crippen LogP contribution in [-0.2, 0) is 0 Å². The maximum Gasteiger partial charge on any atom is 0.209 e. The van der Waals surface area contributed by atoms with E-state index in [0.717, 1.165) is 16.9 Å². The van der Waals surface area contributed by atoms with Gasteiger partial charge in [-0.25, -0.2) is 4.98 Å². The number of Topliss-reactive ketones (excluding diaryl/α,β-unsaturated/α-hetero) is 1. The largest absolute Gasteiger partial charge is 0.497 e. The molecule has 128 valence electrons. The summed E-state index contributed by atoms with van der Waals surface area (Å²) in [7, 11) is 1.63. The Labute approximate surface area is 150 Å². The average molecular weight is 353 g/mol. The van der Waals surface area contributed by atoms with Gasteiger partial charge in [0.1, 0.15) is 5.75 Å². The molecule has 0 saturated carbocycles. The number of aromatic amines is 1. The summed E-state index contributed by atoms with van der Waals surface area (Å²) < 4.78 is 5.15. The van der Waals surface area contributed by atoms with Crippen LogP contribution >= 0.6 is 11.8 Å². The molecule has 25 heavy (non-hydrogen) atoms. The first-order valence-electron chi connectivity index (χ1n) is 7.91. The van der Waals surface area contributed by atoms with E-state index in [-0.39, 0.29) is 11.0 Å². The van der Waals surface area contributed by atoms with Crippen molar-refractivity contribution in [3.05, 3.63) is 59.7 Å². The van der Waals surface area contributed by atoms with Gasteiger partial charge in [-0.2, -0.15) is 0 Å². The predicted molar refractivity (Wildman–Crippen MR) is 99.2 cm³/mol. The van der Waals surface area contributed by atoms with E-state index in [1.807, 2.05) is 62.4 Å². The Morgan fingerprint density at radius 1 is 1.12 bits per heavy atom. The molecule has 6 heteroatoms. The molecule has 1 heterocycles. The predicted octanol–water partition coefficient (Wildman–Crippen LogP) is 4.15. The summed E-state index contributed by atoms with van der Waals surface area (Å²) in [5, 5.41) is 7.42. The van der Waals surface area contributed by atoms with Crippen LogP contribution in [-0.4, -0.2) is 33.3 Å². The van der Waals surface area contributed by atoms with E-state index >= 15 is 0 Å². The average Bonchev–Trinajstić information content (AvgIpc) is 3.10. The highest BCUT2D eigenvalue weighted by Gasteiger charge is 2.19. The quantitative estimate of drug-likeness (QED) is 0.532. The molecule has 0 aliphatic heterocycles. The van der Waals surface area contributed by atoms with E-state index in [2.05, 4.69) is 15.2 Å². The van der Waals surface area contributed by atoms with Crippen molar-refractivity contribution in [3.63, 3.8) is 0 Å². The Hall–Kier alpha value is -2.60. The number of carbonyl (C=O) groups is 1.